The molecule has 8 heteroatoms. The largest absolute Gasteiger partial charge is 0.480 e. The first-order chi connectivity index (χ1) is 9.81. The van der Waals surface area contributed by atoms with Crippen LogP contribution in [0.25, 0.3) is 11.5 Å². The number of carboxylic acids is 1. The number of hydrogen-bond donors (Lipinski definition) is 1. The van der Waals surface area contributed by atoms with Crippen LogP contribution >= 0.6 is 11.8 Å². The standard InChI is InChI=1S/C13H18N4O3S/c1-6(2)17-8(4)10(7(3)16-17)11-14-15-13(20-11)21-9(5)12(18)19/h6,9H,1-5H3,(H,18,19). The van der Waals surface area contributed by atoms with Gasteiger partial charge >= 0.3 is 5.97 Å². The van der Waals surface area contributed by atoms with Gasteiger partial charge in [0.05, 0.1) is 11.3 Å². The zero-order valence-electron chi connectivity index (χ0n) is 12.6. The van der Waals surface area contributed by atoms with Gasteiger partial charge in [-0.1, -0.05) is 11.8 Å². The molecule has 0 aliphatic rings. The van der Waals surface area contributed by atoms with E-state index in [4.69, 9.17) is 9.52 Å². The van der Waals surface area contributed by atoms with Gasteiger partial charge in [0, 0.05) is 11.7 Å². The second-order valence-electron chi connectivity index (χ2n) is 5.06. The molecule has 1 unspecified atom stereocenters. The average Bonchev–Trinajstić information content (AvgIpc) is 2.94. The van der Waals surface area contributed by atoms with Crippen LogP contribution in [0, 0.1) is 13.8 Å². The molecule has 7 nitrogen and oxygen atoms in total. The number of aliphatic carboxylic acids is 1. The molecule has 0 spiro atoms. The van der Waals surface area contributed by atoms with E-state index in [0.717, 1.165) is 28.7 Å². The Bertz CT molecular complexity index is 662. The topological polar surface area (TPSA) is 94.0 Å². The summed E-state index contributed by atoms with van der Waals surface area (Å²) in [5, 5.41) is 20.9. The van der Waals surface area contributed by atoms with E-state index in [0.29, 0.717) is 5.89 Å². The van der Waals surface area contributed by atoms with E-state index in [2.05, 4.69) is 15.3 Å². The van der Waals surface area contributed by atoms with Crippen molar-refractivity contribution >= 4 is 17.7 Å². The summed E-state index contributed by atoms with van der Waals surface area (Å²) in [6, 6.07) is 0.237. The van der Waals surface area contributed by atoms with Gasteiger partial charge in [-0.25, -0.2) is 0 Å². The smallest absolute Gasteiger partial charge is 0.316 e. The summed E-state index contributed by atoms with van der Waals surface area (Å²) in [5.41, 5.74) is 2.58. The van der Waals surface area contributed by atoms with Crippen LogP contribution in [0.3, 0.4) is 0 Å². The molecular weight excluding hydrogens is 292 g/mol. The predicted octanol–water partition coefficient (Wildman–Crippen LogP) is 2.70. The van der Waals surface area contributed by atoms with Gasteiger partial charge < -0.3 is 9.52 Å². The number of carboxylic acid groups (broad SMARTS) is 1. The second kappa shape index (κ2) is 5.88. The molecule has 2 rings (SSSR count). The molecule has 21 heavy (non-hydrogen) atoms. The number of hydrogen-bond acceptors (Lipinski definition) is 6. The summed E-state index contributed by atoms with van der Waals surface area (Å²) in [6.45, 7) is 9.51. The van der Waals surface area contributed by atoms with Crippen molar-refractivity contribution in [3.63, 3.8) is 0 Å². The first-order valence-electron chi connectivity index (χ1n) is 6.60. The third kappa shape index (κ3) is 3.10. The van der Waals surface area contributed by atoms with Crippen molar-refractivity contribution < 1.29 is 14.3 Å². The van der Waals surface area contributed by atoms with Gasteiger partial charge in [-0.05, 0) is 34.6 Å². The summed E-state index contributed by atoms with van der Waals surface area (Å²) >= 11 is 1.02. The highest BCUT2D eigenvalue weighted by Crippen LogP contribution is 2.30. The molecule has 114 valence electrons. The Morgan fingerprint density at radius 3 is 2.48 bits per heavy atom. The Hall–Kier alpha value is -1.83. The molecule has 0 aromatic carbocycles. The van der Waals surface area contributed by atoms with Gasteiger partial charge in [0.15, 0.2) is 0 Å². The Labute approximate surface area is 126 Å². The maximum absolute atomic E-state index is 10.8. The number of thioether (sulfide) groups is 1. The highest BCUT2D eigenvalue weighted by Gasteiger charge is 2.22. The highest BCUT2D eigenvalue weighted by molar-refractivity contribution is 8.00. The fourth-order valence-corrected chi connectivity index (χ4v) is 2.65. The zero-order valence-corrected chi connectivity index (χ0v) is 13.4. The van der Waals surface area contributed by atoms with Crippen LogP contribution in [0.1, 0.15) is 38.2 Å². The van der Waals surface area contributed by atoms with Gasteiger partial charge in [0.1, 0.15) is 5.25 Å². The number of carbonyl (C=O) groups is 1. The van der Waals surface area contributed by atoms with Crippen LogP contribution in [0.15, 0.2) is 9.64 Å². The molecule has 0 aliphatic carbocycles. The molecule has 0 saturated heterocycles. The van der Waals surface area contributed by atoms with Crippen molar-refractivity contribution in [2.24, 2.45) is 0 Å². The minimum atomic E-state index is -0.917. The first-order valence-corrected chi connectivity index (χ1v) is 7.48. The Morgan fingerprint density at radius 2 is 1.95 bits per heavy atom. The molecular formula is C13H18N4O3S. The first kappa shape index (κ1) is 15.6. The average molecular weight is 310 g/mol. The summed E-state index contributed by atoms with van der Waals surface area (Å²) in [5.74, 6) is -0.545. The fourth-order valence-electron chi connectivity index (χ4n) is 2.04. The van der Waals surface area contributed by atoms with E-state index in [1.807, 2.05) is 32.4 Å². The normalized spacial score (nSPS) is 12.9. The molecule has 0 amide bonds. The number of nitrogens with zero attached hydrogens (tertiary/aromatic N) is 4. The van der Waals surface area contributed by atoms with Crippen molar-refractivity contribution in [3.05, 3.63) is 11.4 Å². The lowest BCUT2D eigenvalue weighted by Gasteiger charge is -2.07. The molecule has 0 saturated carbocycles. The summed E-state index contributed by atoms with van der Waals surface area (Å²) in [7, 11) is 0. The van der Waals surface area contributed by atoms with Crippen LogP contribution in [0.4, 0.5) is 0 Å². The number of rotatable bonds is 5. The van der Waals surface area contributed by atoms with Crippen LogP contribution in [0.2, 0.25) is 0 Å². The molecule has 2 heterocycles. The van der Waals surface area contributed by atoms with Gasteiger partial charge in [0.25, 0.3) is 11.1 Å². The Balaban J connectivity index is 2.32. The Kier molecular flexibility index (Phi) is 4.36. The maximum atomic E-state index is 10.8. The quantitative estimate of drug-likeness (QED) is 0.848. The fraction of sp³-hybridized carbons (Fsp3) is 0.538. The van der Waals surface area contributed by atoms with Crippen molar-refractivity contribution in [1.29, 1.82) is 0 Å². The van der Waals surface area contributed by atoms with Crippen molar-refractivity contribution in [1.82, 2.24) is 20.0 Å². The van der Waals surface area contributed by atoms with Crippen LogP contribution in [-0.2, 0) is 4.79 Å². The van der Waals surface area contributed by atoms with E-state index in [1.165, 1.54) is 0 Å². The Morgan fingerprint density at radius 1 is 1.29 bits per heavy atom. The van der Waals surface area contributed by atoms with Crippen LogP contribution in [-0.4, -0.2) is 36.3 Å². The molecule has 2 aromatic rings. The lowest BCUT2D eigenvalue weighted by atomic mass is 10.2. The van der Waals surface area contributed by atoms with Crippen LogP contribution < -0.4 is 0 Å². The van der Waals surface area contributed by atoms with Crippen molar-refractivity contribution in [2.45, 2.75) is 51.1 Å². The second-order valence-corrected chi connectivity index (χ2v) is 6.35. The third-order valence-electron chi connectivity index (χ3n) is 3.06. The van der Waals surface area contributed by atoms with Crippen molar-refractivity contribution in [3.8, 4) is 11.5 Å². The SMILES string of the molecule is Cc1nn(C(C)C)c(C)c1-c1nnc(SC(C)C(=O)O)o1. The summed E-state index contributed by atoms with van der Waals surface area (Å²) in [4.78, 5) is 10.8. The minimum absolute atomic E-state index is 0.237. The van der Waals surface area contributed by atoms with Gasteiger partial charge in [-0.2, -0.15) is 5.10 Å². The molecule has 1 atom stereocenters. The molecule has 1 N–H and O–H groups in total. The maximum Gasteiger partial charge on any atom is 0.316 e. The molecule has 0 fully saturated rings. The van der Waals surface area contributed by atoms with E-state index in [9.17, 15) is 4.79 Å². The number of aromatic nitrogens is 4. The van der Waals surface area contributed by atoms with Gasteiger partial charge in [-0.15, -0.1) is 10.2 Å². The molecule has 2 aromatic heterocycles. The van der Waals surface area contributed by atoms with Crippen LogP contribution in [0.5, 0.6) is 0 Å². The lowest BCUT2D eigenvalue weighted by molar-refractivity contribution is -0.136. The lowest BCUT2D eigenvalue weighted by Crippen LogP contribution is -2.10. The summed E-state index contributed by atoms with van der Waals surface area (Å²) < 4.78 is 7.47. The summed E-state index contributed by atoms with van der Waals surface area (Å²) in [6.07, 6.45) is 0. The zero-order chi connectivity index (χ0) is 15.7. The van der Waals surface area contributed by atoms with E-state index >= 15 is 0 Å². The van der Waals surface area contributed by atoms with E-state index in [-0.39, 0.29) is 11.3 Å². The van der Waals surface area contributed by atoms with Gasteiger partial charge in [0.2, 0.25) is 0 Å². The highest BCUT2D eigenvalue weighted by atomic mass is 32.2. The van der Waals surface area contributed by atoms with E-state index in [1.54, 1.807) is 6.92 Å². The molecule has 0 bridgehead atoms. The predicted molar refractivity (Wildman–Crippen MR) is 78.3 cm³/mol. The van der Waals surface area contributed by atoms with E-state index < -0.39 is 11.2 Å². The number of aryl methyl sites for hydroxylation is 1. The molecule has 0 aliphatic heterocycles. The third-order valence-corrected chi connectivity index (χ3v) is 3.98. The minimum Gasteiger partial charge on any atom is -0.480 e. The van der Waals surface area contributed by atoms with Crippen molar-refractivity contribution in [2.75, 3.05) is 0 Å². The van der Waals surface area contributed by atoms with Gasteiger partial charge in [-0.3, -0.25) is 9.48 Å². The monoisotopic (exact) mass is 310 g/mol. The molecule has 0 radical (unpaired) electrons.